The Kier molecular flexibility index (Phi) is 5.97. The molecule has 0 fully saturated rings. The Bertz CT molecular complexity index is 312. The molecule has 1 aromatic rings. The van der Waals surface area contributed by atoms with Crippen molar-refractivity contribution in [3.05, 3.63) is 20.8 Å². The van der Waals surface area contributed by atoms with Crippen molar-refractivity contribution < 1.29 is 0 Å². The molecule has 0 saturated heterocycles. The molecule has 92 valence electrons. The van der Waals surface area contributed by atoms with Crippen LogP contribution in [-0.2, 0) is 6.54 Å². The molecule has 2 nitrogen and oxygen atoms in total. The largest absolute Gasteiger partial charge is 0.329 e. The summed E-state index contributed by atoms with van der Waals surface area (Å²) in [6.45, 7) is 6.21. The van der Waals surface area contributed by atoms with Crippen LogP contribution < -0.4 is 5.73 Å². The monoisotopic (exact) mass is 304 g/mol. The van der Waals surface area contributed by atoms with E-state index >= 15 is 0 Å². The standard InChI is InChI=1S/C12H21BrN2S/c1-9(2)4-11(6-14)15(3)7-10-5-12(13)16-8-10/h5,8-9,11H,4,6-7,14H2,1-3H3. The summed E-state index contributed by atoms with van der Waals surface area (Å²) in [7, 11) is 2.16. The summed E-state index contributed by atoms with van der Waals surface area (Å²) in [4.78, 5) is 2.36. The molecule has 0 aliphatic carbocycles. The molecule has 0 spiro atoms. The predicted molar refractivity (Wildman–Crippen MR) is 75.8 cm³/mol. The second-order valence-corrected chi connectivity index (χ2v) is 6.98. The highest BCUT2D eigenvalue weighted by Gasteiger charge is 2.15. The third-order valence-corrected chi connectivity index (χ3v) is 4.25. The Balaban J connectivity index is 2.52. The fourth-order valence-electron chi connectivity index (χ4n) is 1.85. The van der Waals surface area contributed by atoms with Crippen molar-refractivity contribution in [2.24, 2.45) is 11.7 Å². The fourth-order valence-corrected chi connectivity index (χ4v) is 3.05. The smallest absolute Gasteiger partial charge is 0.0701 e. The molecule has 0 aliphatic heterocycles. The topological polar surface area (TPSA) is 29.3 Å². The van der Waals surface area contributed by atoms with Crippen LogP contribution in [0.4, 0.5) is 0 Å². The van der Waals surface area contributed by atoms with Gasteiger partial charge in [0.1, 0.15) is 0 Å². The van der Waals surface area contributed by atoms with Crippen molar-refractivity contribution in [2.75, 3.05) is 13.6 Å². The summed E-state index contributed by atoms with van der Waals surface area (Å²) < 4.78 is 1.20. The van der Waals surface area contributed by atoms with Gasteiger partial charge in [-0.15, -0.1) is 11.3 Å². The van der Waals surface area contributed by atoms with Gasteiger partial charge in [0.2, 0.25) is 0 Å². The molecule has 0 saturated carbocycles. The van der Waals surface area contributed by atoms with E-state index in [-0.39, 0.29) is 0 Å². The van der Waals surface area contributed by atoms with E-state index in [4.69, 9.17) is 5.73 Å². The highest BCUT2D eigenvalue weighted by atomic mass is 79.9. The van der Waals surface area contributed by atoms with Crippen LogP contribution in [0.1, 0.15) is 25.8 Å². The maximum Gasteiger partial charge on any atom is 0.0701 e. The number of thiophene rings is 1. The van der Waals surface area contributed by atoms with Gasteiger partial charge in [0.15, 0.2) is 0 Å². The SMILES string of the molecule is CC(C)CC(CN)N(C)Cc1csc(Br)c1. The molecule has 1 unspecified atom stereocenters. The van der Waals surface area contributed by atoms with Gasteiger partial charge in [0, 0.05) is 19.1 Å². The average Bonchev–Trinajstić information content (AvgIpc) is 2.60. The normalized spacial score (nSPS) is 13.7. The molecule has 1 aromatic heterocycles. The maximum absolute atomic E-state index is 5.83. The van der Waals surface area contributed by atoms with Gasteiger partial charge in [0.05, 0.1) is 3.79 Å². The lowest BCUT2D eigenvalue weighted by atomic mass is 10.0. The highest BCUT2D eigenvalue weighted by Crippen LogP contribution is 2.22. The first-order chi connectivity index (χ1) is 7.52. The summed E-state index contributed by atoms with van der Waals surface area (Å²) >= 11 is 5.23. The van der Waals surface area contributed by atoms with E-state index in [9.17, 15) is 0 Å². The minimum absolute atomic E-state index is 0.485. The molecule has 0 radical (unpaired) electrons. The first-order valence-corrected chi connectivity index (χ1v) is 7.33. The van der Waals surface area contributed by atoms with Crippen molar-refractivity contribution in [1.29, 1.82) is 0 Å². The number of nitrogens with zero attached hydrogens (tertiary/aromatic N) is 1. The molecule has 0 aliphatic rings. The molecule has 2 N–H and O–H groups in total. The average molecular weight is 305 g/mol. The van der Waals surface area contributed by atoms with Gasteiger partial charge < -0.3 is 5.73 Å². The summed E-state index contributed by atoms with van der Waals surface area (Å²) in [5, 5.41) is 2.20. The molecular weight excluding hydrogens is 284 g/mol. The molecule has 0 bridgehead atoms. The van der Waals surface area contributed by atoms with Gasteiger partial charge in [-0.2, -0.15) is 0 Å². The maximum atomic E-state index is 5.83. The molecule has 0 aromatic carbocycles. The number of nitrogens with two attached hydrogens (primary N) is 1. The predicted octanol–water partition coefficient (Wildman–Crippen LogP) is 3.32. The van der Waals surface area contributed by atoms with Crippen LogP contribution in [0.15, 0.2) is 15.2 Å². The Hall–Kier alpha value is 0.100. The van der Waals surface area contributed by atoms with E-state index in [1.54, 1.807) is 11.3 Å². The van der Waals surface area contributed by atoms with E-state index < -0.39 is 0 Å². The van der Waals surface area contributed by atoms with Crippen LogP contribution in [0.5, 0.6) is 0 Å². The number of rotatable bonds is 6. The molecule has 16 heavy (non-hydrogen) atoms. The van der Waals surface area contributed by atoms with Crippen molar-refractivity contribution >= 4 is 27.3 Å². The Morgan fingerprint density at radius 2 is 2.19 bits per heavy atom. The zero-order valence-corrected chi connectivity index (χ0v) is 12.6. The molecule has 1 rings (SSSR count). The van der Waals surface area contributed by atoms with Crippen LogP contribution in [-0.4, -0.2) is 24.5 Å². The number of hydrogen-bond donors (Lipinski definition) is 1. The zero-order chi connectivity index (χ0) is 12.1. The summed E-state index contributed by atoms with van der Waals surface area (Å²) in [5.41, 5.74) is 7.20. The van der Waals surface area contributed by atoms with E-state index in [0.717, 1.165) is 19.5 Å². The van der Waals surface area contributed by atoms with Crippen LogP contribution in [0.3, 0.4) is 0 Å². The number of hydrogen-bond acceptors (Lipinski definition) is 3. The van der Waals surface area contributed by atoms with Crippen molar-refractivity contribution in [3.8, 4) is 0 Å². The zero-order valence-electron chi connectivity index (χ0n) is 10.2. The van der Waals surface area contributed by atoms with E-state index in [2.05, 4.69) is 53.2 Å². The number of halogens is 1. The minimum Gasteiger partial charge on any atom is -0.329 e. The van der Waals surface area contributed by atoms with Gasteiger partial charge in [-0.1, -0.05) is 13.8 Å². The fraction of sp³-hybridized carbons (Fsp3) is 0.667. The van der Waals surface area contributed by atoms with Gasteiger partial charge >= 0.3 is 0 Å². The van der Waals surface area contributed by atoms with Crippen LogP contribution in [0, 0.1) is 5.92 Å². The Labute approximate surface area is 111 Å². The lowest BCUT2D eigenvalue weighted by Crippen LogP contribution is -2.38. The van der Waals surface area contributed by atoms with Crippen LogP contribution in [0.25, 0.3) is 0 Å². The van der Waals surface area contributed by atoms with E-state index in [1.807, 2.05) is 0 Å². The Morgan fingerprint density at radius 3 is 2.62 bits per heavy atom. The van der Waals surface area contributed by atoms with Crippen molar-refractivity contribution in [1.82, 2.24) is 4.90 Å². The van der Waals surface area contributed by atoms with E-state index in [1.165, 1.54) is 9.35 Å². The summed E-state index contributed by atoms with van der Waals surface area (Å²) in [6, 6.07) is 2.67. The van der Waals surface area contributed by atoms with Crippen molar-refractivity contribution in [2.45, 2.75) is 32.9 Å². The van der Waals surface area contributed by atoms with Crippen LogP contribution in [0.2, 0.25) is 0 Å². The highest BCUT2D eigenvalue weighted by molar-refractivity contribution is 9.11. The molecule has 1 heterocycles. The van der Waals surface area contributed by atoms with Gasteiger partial charge in [-0.3, -0.25) is 4.90 Å². The van der Waals surface area contributed by atoms with Gasteiger partial charge in [0.25, 0.3) is 0 Å². The second-order valence-electron chi connectivity index (χ2n) is 4.69. The minimum atomic E-state index is 0.485. The lowest BCUT2D eigenvalue weighted by Gasteiger charge is -2.28. The Morgan fingerprint density at radius 1 is 1.50 bits per heavy atom. The first kappa shape index (κ1) is 14.2. The molecule has 1 atom stereocenters. The van der Waals surface area contributed by atoms with Crippen molar-refractivity contribution in [3.63, 3.8) is 0 Å². The second kappa shape index (κ2) is 6.74. The number of likely N-dealkylation sites (N-methyl/N-ethyl adjacent to an activating group) is 1. The van der Waals surface area contributed by atoms with Gasteiger partial charge in [-0.25, -0.2) is 0 Å². The third kappa shape index (κ3) is 4.53. The summed E-state index contributed by atoms with van der Waals surface area (Å²) in [6.07, 6.45) is 1.16. The quantitative estimate of drug-likeness (QED) is 0.873. The summed E-state index contributed by atoms with van der Waals surface area (Å²) in [5.74, 6) is 0.699. The van der Waals surface area contributed by atoms with Crippen LogP contribution >= 0.6 is 27.3 Å². The third-order valence-electron chi connectivity index (χ3n) is 2.69. The lowest BCUT2D eigenvalue weighted by molar-refractivity contribution is 0.210. The van der Waals surface area contributed by atoms with Gasteiger partial charge in [-0.05, 0) is 52.3 Å². The molecular formula is C12H21BrN2S. The molecule has 4 heteroatoms. The molecule has 0 amide bonds. The first-order valence-electron chi connectivity index (χ1n) is 5.66. The van der Waals surface area contributed by atoms with E-state index in [0.29, 0.717) is 12.0 Å².